The predicted octanol–water partition coefficient (Wildman–Crippen LogP) is 2.40. The standard InChI is InChI=1S/C9H16O/c1-3-4-9(10)6-8-5-7(8)2/h7-8H,3-6H2,1-2H3. The molecule has 0 saturated heterocycles. The van der Waals surface area contributed by atoms with Crippen LogP contribution in [0.2, 0.25) is 0 Å². The lowest BCUT2D eigenvalue weighted by atomic mass is 10.1. The first-order valence-electron chi connectivity index (χ1n) is 4.25. The molecular formula is C9H16O. The van der Waals surface area contributed by atoms with Crippen molar-refractivity contribution >= 4 is 5.78 Å². The molecule has 1 saturated carbocycles. The molecule has 0 heterocycles. The fourth-order valence-corrected chi connectivity index (χ4v) is 1.36. The Morgan fingerprint density at radius 1 is 1.60 bits per heavy atom. The Balaban J connectivity index is 2.07. The molecule has 2 atom stereocenters. The van der Waals surface area contributed by atoms with Crippen LogP contribution in [0.3, 0.4) is 0 Å². The normalized spacial score (nSPS) is 30.2. The average Bonchev–Trinajstić information content (AvgIpc) is 2.47. The molecule has 1 nitrogen and oxygen atoms in total. The van der Waals surface area contributed by atoms with Crippen molar-refractivity contribution in [3.8, 4) is 0 Å². The van der Waals surface area contributed by atoms with Crippen LogP contribution < -0.4 is 0 Å². The molecule has 0 aliphatic heterocycles. The van der Waals surface area contributed by atoms with Crippen LogP contribution in [0, 0.1) is 11.8 Å². The van der Waals surface area contributed by atoms with E-state index in [-0.39, 0.29) is 0 Å². The van der Waals surface area contributed by atoms with Crippen molar-refractivity contribution in [3.63, 3.8) is 0 Å². The molecule has 0 aromatic heterocycles. The van der Waals surface area contributed by atoms with Crippen LogP contribution in [0.4, 0.5) is 0 Å². The molecule has 1 rings (SSSR count). The van der Waals surface area contributed by atoms with Gasteiger partial charge in [0.2, 0.25) is 0 Å². The maximum absolute atomic E-state index is 11.0. The second-order valence-electron chi connectivity index (χ2n) is 3.47. The van der Waals surface area contributed by atoms with Gasteiger partial charge in [0.25, 0.3) is 0 Å². The molecule has 0 spiro atoms. The van der Waals surface area contributed by atoms with E-state index < -0.39 is 0 Å². The van der Waals surface area contributed by atoms with Gasteiger partial charge in [-0.3, -0.25) is 4.79 Å². The van der Waals surface area contributed by atoms with E-state index in [1.807, 2.05) is 0 Å². The molecule has 58 valence electrons. The summed E-state index contributed by atoms with van der Waals surface area (Å²) in [7, 11) is 0. The van der Waals surface area contributed by atoms with E-state index in [1.165, 1.54) is 6.42 Å². The number of Topliss-reactive ketones (excluding diaryl/α,β-unsaturated/α-hetero) is 1. The molecule has 1 aliphatic carbocycles. The molecule has 0 amide bonds. The third-order valence-corrected chi connectivity index (χ3v) is 2.29. The molecule has 0 aromatic rings. The van der Waals surface area contributed by atoms with E-state index in [1.54, 1.807) is 0 Å². The molecule has 1 heteroatoms. The van der Waals surface area contributed by atoms with Gasteiger partial charge in [0.15, 0.2) is 0 Å². The van der Waals surface area contributed by atoms with Crippen molar-refractivity contribution in [1.82, 2.24) is 0 Å². The van der Waals surface area contributed by atoms with Gasteiger partial charge < -0.3 is 0 Å². The largest absolute Gasteiger partial charge is 0.300 e. The first-order chi connectivity index (χ1) is 4.74. The van der Waals surface area contributed by atoms with Crippen LogP contribution in [0.15, 0.2) is 0 Å². The Kier molecular flexibility index (Phi) is 2.47. The van der Waals surface area contributed by atoms with Gasteiger partial charge in [-0.05, 0) is 24.7 Å². The summed E-state index contributed by atoms with van der Waals surface area (Å²) in [6, 6.07) is 0. The Hall–Kier alpha value is -0.330. The highest BCUT2D eigenvalue weighted by atomic mass is 16.1. The van der Waals surface area contributed by atoms with Gasteiger partial charge in [-0.1, -0.05) is 13.8 Å². The van der Waals surface area contributed by atoms with Crippen LogP contribution in [0.1, 0.15) is 39.5 Å². The smallest absolute Gasteiger partial charge is 0.133 e. The zero-order valence-corrected chi connectivity index (χ0v) is 6.89. The number of hydrogen-bond donors (Lipinski definition) is 0. The van der Waals surface area contributed by atoms with Crippen LogP contribution in [-0.2, 0) is 4.79 Å². The Morgan fingerprint density at radius 2 is 2.20 bits per heavy atom. The number of ketones is 1. The maximum atomic E-state index is 11.0. The Labute approximate surface area is 62.8 Å². The lowest BCUT2D eigenvalue weighted by Gasteiger charge is -1.94. The van der Waals surface area contributed by atoms with E-state index in [0.717, 1.165) is 31.1 Å². The first kappa shape index (κ1) is 7.77. The monoisotopic (exact) mass is 140 g/mol. The van der Waals surface area contributed by atoms with Crippen LogP contribution in [-0.4, -0.2) is 5.78 Å². The topological polar surface area (TPSA) is 17.1 Å². The van der Waals surface area contributed by atoms with Crippen molar-refractivity contribution in [3.05, 3.63) is 0 Å². The maximum Gasteiger partial charge on any atom is 0.133 e. The summed E-state index contributed by atoms with van der Waals surface area (Å²) in [4.78, 5) is 11.0. The third-order valence-electron chi connectivity index (χ3n) is 2.29. The number of carbonyl (C=O) groups is 1. The molecule has 10 heavy (non-hydrogen) atoms. The molecule has 1 fully saturated rings. The molecule has 0 N–H and O–H groups in total. The van der Waals surface area contributed by atoms with Gasteiger partial charge in [0.05, 0.1) is 0 Å². The van der Waals surface area contributed by atoms with Gasteiger partial charge in [0.1, 0.15) is 5.78 Å². The minimum Gasteiger partial charge on any atom is -0.300 e. The summed E-state index contributed by atoms with van der Waals surface area (Å²) in [5.41, 5.74) is 0. The van der Waals surface area contributed by atoms with Gasteiger partial charge >= 0.3 is 0 Å². The molecule has 2 unspecified atom stereocenters. The van der Waals surface area contributed by atoms with E-state index in [9.17, 15) is 4.79 Å². The molecule has 0 radical (unpaired) electrons. The highest BCUT2D eigenvalue weighted by molar-refractivity contribution is 5.78. The summed E-state index contributed by atoms with van der Waals surface area (Å²) in [5, 5.41) is 0. The van der Waals surface area contributed by atoms with Crippen molar-refractivity contribution in [1.29, 1.82) is 0 Å². The summed E-state index contributed by atoms with van der Waals surface area (Å²) < 4.78 is 0. The zero-order chi connectivity index (χ0) is 7.56. The van der Waals surface area contributed by atoms with Gasteiger partial charge in [-0.15, -0.1) is 0 Å². The second kappa shape index (κ2) is 3.18. The van der Waals surface area contributed by atoms with Crippen molar-refractivity contribution in [2.75, 3.05) is 0 Å². The third kappa shape index (κ3) is 2.13. The van der Waals surface area contributed by atoms with Crippen molar-refractivity contribution < 1.29 is 4.79 Å². The van der Waals surface area contributed by atoms with Gasteiger partial charge in [0, 0.05) is 12.8 Å². The van der Waals surface area contributed by atoms with E-state index in [2.05, 4.69) is 13.8 Å². The fraction of sp³-hybridized carbons (Fsp3) is 0.889. The fourth-order valence-electron chi connectivity index (χ4n) is 1.36. The first-order valence-corrected chi connectivity index (χ1v) is 4.25. The minimum absolute atomic E-state index is 0.469. The summed E-state index contributed by atoms with van der Waals surface area (Å²) in [6.45, 7) is 4.29. The summed E-state index contributed by atoms with van der Waals surface area (Å²) in [5.74, 6) is 2.05. The minimum atomic E-state index is 0.469. The van der Waals surface area contributed by atoms with Crippen molar-refractivity contribution in [2.45, 2.75) is 39.5 Å². The highest BCUT2D eigenvalue weighted by Crippen LogP contribution is 2.40. The molecule has 0 bridgehead atoms. The average molecular weight is 140 g/mol. The van der Waals surface area contributed by atoms with E-state index in [4.69, 9.17) is 0 Å². The molecular weight excluding hydrogens is 124 g/mol. The number of carbonyl (C=O) groups excluding carboxylic acids is 1. The second-order valence-corrected chi connectivity index (χ2v) is 3.47. The number of hydrogen-bond acceptors (Lipinski definition) is 1. The lowest BCUT2D eigenvalue weighted by molar-refractivity contribution is -0.119. The summed E-state index contributed by atoms with van der Waals surface area (Å²) >= 11 is 0. The van der Waals surface area contributed by atoms with Crippen LogP contribution in [0.25, 0.3) is 0 Å². The highest BCUT2D eigenvalue weighted by Gasteiger charge is 2.33. The molecule has 1 aliphatic rings. The van der Waals surface area contributed by atoms with Crippen molar-refractivity contribution in [2.24, 2.45) is 11.8 Å². The summed E-state index contributed by atoms with van der Waals surface area (Å²) in [6.07, 6.45) is 3.95. The number of rotatable bonds is 4. The Morgan fingerprint density at radius 3 is 2.60 bits per heavy atom. The molecule has 0 aromatic carbocycles. The van der Waals surface area contributed by atoms with Crippen LogP contribution >= 0.6 is 0 Å². The quantitative estimate of drug-likeness (QED) is 0.586. The van der Waals surface area contributed by atoms with Gasteiger partial charge in [-0.2, -0.15) is 0 Å². The lowest BCUT2D eigenvalue weighted by Crippen LogP contribution is -1.98. The van der Waals surface area contributed by atoms with Gasteiger partial charge in [-0.25, -0.2) is 0 Å². The van der Waals surface area contributed by atoms with E-state index in [0.29, 0.717) is 5.78 Å². The predicted molar refractivity (Wildman–Crippen MR) is 41.8 cm³/mol. The van der Waals surface area contributed by atoms with E-state index >= 15 is 0 Å². The SMILES string of the molecule is CCCC(=O)CC1CC1C. The zero-order valence-electron chi connectivity index (χ0n) is 6.89. The Bertz CT molecular complexity index is 129. The van der Waals surface area contributed by atoms with Crippen LogP contribution in [0.5, 0.6) is 0 Å².